The molecule has 1 aromatic rings. The summed E-state index contributed by atoms with van der Waals surface area (Å²) in [7, 11) is 0. The molecule has 2 atom stereocenters. The summed E-state index contributed by atoms with van der Waals surface area (Å²) < 4.78 is 5.69. The first-order valence-corrected chi connectivity index (χ1v) is 7.34. The standard InChI is InChI=1S/C16H24N2O2/c1-12(17)14-8-10-18(11-9-14)16(19)13(2)20-15-6-4-3-5-7-15/h3-7,12-14H,8-11,17H2,1-2H3. The number of carbonyl (C=O) groups excluding carboxylic acids is 1. The minimum atomic E-state index is -0.441. The van der Waals surface area contributed by atoms with E-state index in [-0.39, 0.29) is 11.9 Å². The van der Waals surface area contributed by atoms with Gasteiger partial charge in [-0.15, -0.1) is 0 Å². The van der Waals surface area contributed by atoms with E-state index < -0.39 is 6.10 Å². The van der Waals surface area contributed by atoms with E-state index in [4.69, 9.17) is 10.5 Å². The molecule has 1 aliphatic rings. The lowest BCUT2D eigenvalue weighted by Gasteiger charge is -2.35. The second-order valence-electron chi connectivity index (χ2n) is 5.59. The summed E-state index contributed by atoms with van der Waals surface area (Å²) in [6.45, 7) is 5.43. The number of rotatable bonds is 4. The largest absolute Gasteiger partial charge is 0.481 e. The highest BCUT2D eigenvalue weighted by molar-refractivity contribution is 5.81. The van der Waals surface area contributed by atoms with Crippen molar-refractivity contribution in [2.24, 2.45) is 11.7 Å². The van der Waals surface area contributed by atoms with Crippen LogP contribution in [0.4, 0.5) is 0 Å². The van der Waals surface area contributed by atoms with Gasteiger partial charge in [-0.3, -0.25) is 4.79 Å². The molecule has 1 heterocycles. The number of carbonyl (C=O) groups is 1. The molecule has 2 N–H and O–H groups in total. The first-order valence-electron chi connectivity index (χ1n) is 7.34. The van der Waals surface area contributed by atoms with Gasteiger partial charge < -0.3 is 15.4 Å². The lowest BCUT2D eigenvalue weighted by atomic mass is 9.91. The summed E-state index contributed by atoms with van der Waals surface area (Å²) in [5.74, 6) is 1.33. The Balaban J connectivity index is 1.85. The molecule has 0 radical (unpaired) electrons. The molecule has 1 saturated heterocycles. The molecule has 2 rings (SSSR count). The Kier molecular flexibility index (Phi) is 5.01. The number of piperidine rings is 1. The van der Waals surface area contributed by atoms with Crippen molar-refractivity contribution in [3.05, 3.63) is 30.3 Å². The predicted octanol–water partition coefficient (Wildman–Crippen LogP) is 2.04. The van der Waals surface area contributed by atoms with Gasteiger partial charge in [0.2, 0.25) is 0 Å². The molecular weight excluding hydrogens is 252 g/mol. The van der Waals surface area contributed by atoms with Crippen LogP contribution in [0.15, 0.2) is 30.3 Å². The van der Waals surface area contributed by atoms with Crippen LogP contribution in [0.3, 0.4) is 0 Å². The van der Waals surface area contributed by atoms with Gasteiger partial charge >= 0.3 is 0 Å². The number of benzene rings is 1. The number of hydrogen-bond acceptors (Lipinski definition) is 3. The zero-order chi connectivity index (χ0) is 14.5. The van der Waals surface area contributed by atoms with Crippen molar-refractivity contribution in [2.45, 2.75) is 38.8 Å². The average Bonchev–Trinajstić information content (AvgIpc) is 2.47. The fourth-order valence-corrected chi connectivity index (χ4v) is 2.66. The van der Waals surface area contributed by atoms with Gasteiger partial charge in [0.15, 0.2) is 6.10 Å². The van der Waals surface area contributed by atoms with Crippen molar-refractivity contribution in [2.75, 3.05) is 13.1 Å². The molecule has 1 aliphatic heterocycles. The SMILES string of the molecule is CC(Oc1ccccc1)C(=O)N1CCC(C(C)N)CC1. The van der Waals surface area contributed by atoms with E-state index in [9.17, 15) is 4.79 Å². The van der Waals surface area contributed by atoms with Gasteiger partial charge in [0.05, 0.1) is 0 Å². The van der Waals surface area contributed by atoms with Crippen LogP contribution in [-0.2, 0) is 4.79 Å². The Hall–Kier alpha value is -1.55. The summed E-state index contributed by atoms with van der Waals surface area (Å²) in [5.41, 5.74) is 5.92. The Morgan fingerprint density at radius 1 is 1.25 bits per heavy atom. The smallest absolute Gasteiger partial charge is 0.263 e. The van der Waals surface area contributed by atoms with Crippen molar-refractivity contribution >= 4 is 5.91 Å². The van der Waals surface area contributed by atoms with Crippen LogP contribution in [0, 0.1) is 5.92 Å². The van der Waals surface area contributed by atoms with Gasteiger partial charge in [-0.2, -0.15) is 0 Å². The van der Waals surface area contributed by atoms with Crippen LogP contribution in [0.2, 0.25) is 0 Å². The number of para-hydroxylation sites is 1. The Bertz CT molecular complexity index is 425. The summed E-state index contributed by atoms with van der Waals surface area (Å²) in [4.78, 5) is 14.2. The molecule has 2 unspecified atom stereocenters. The van der Waals surface area contributed by atoms with Crippen molar-refractivity contribution < 1.29 is 9.53 Å². The third-order valence-electron chi connectivity index (χ3n) is 4.00. The van der Waals surface area contributed by atoms with Crippen molar-refractivity contribution in [3.8, 4) is 5.75 Å². The number of nitrogens with two attached hydrogens (primary N) is 1. The minimum absolute atomic E-state index is 0.0666. The number of amides is 1. The van der Waals surface area contributed by atoms with Crippen LogP contribution in [0.25, 0.3) is 0 Å². The highest BCUT2D eigenvalue weighted by Gasteiger charge is 2.28. The van der Waals surface area contributed by atoms with E-state index in [1.165, 1.54) is 0 Å². The van der Waals surface area contributed by atoms with E-state index in [0.717, 1.165) is 31.7 Å². The van der Waals surface area contributed by atoms with Gasteiger partial charge in [0.25, 0.3) is 5.91 Å². The summed E-state index contributed by atoms with van der Waals surface area (Å²) >= 11 is 0. The fraction of sp³-hybridized carbons (Fsp3) is 0.562. The van der Waals surface area contributed by atoms with Crippen LogP contribution >= 0.6 is 0 Å². The van der Waals surface area contributed by atoms with E-state index >= 15 is 0 Å². The van der Waals surface area contributed by atoms with Crippen LogP contribution < -0.4 is 10.5 Å². The molecule has 20 heavy (non-hydrogen) atoms. The molecule has 4 nitrogen and oxygen atoms in total. The maximum absolute atomic E-state index is 12.3. The molecule has 0 bridgehead atoms. The molecule has 0 spiro atoms. The Labute approximate surface area is 120 Å². The summed E-state index contributed by atoms with van der Waals surface area (Å²) in [6.07, 6.45) is 1.53. The monoisotopic (exact) mass is 276 g/mol. The molecule has 1 aromatic carbocycles. The minimum Gasteiger partial charge on any atom is -0.481 e. The summed E-state index contributed by atoms with van der Waals surface area (Å²) in [6, 6.07) is 9.68. The first kappa shape index (κ1) is 14.9. The second kappa shape index (κ2) is 6.75. The van der Waals surface area contributed by atoms with Gasteiger partial charge in [-0.1, -0.05) is 18.2 Å². The maximum atomic E-state index is 12.3. The molecule has 0 aliphatic carbocycles. The molecule has 0 saturated carbocycles. The number of likely N-dealkylation sites (tertiary alicyclic amines) is 1. The molecule has 4 heteroatoms. The molecule has 1 fully saturated rings. The second-order valence-corrected chi connectivity index (χ2v) is 5.59. The average molecular weight is 276 g/mol. The van der Waals surface area contributed by atoms with E-state index in [1.807, 2.05) is 49.1 Å². The quantitative estimate of drug-likeness (QED) is 0.915. The maximum Gasteiger partial charge on any atom is 0.263 e. The summed E-state index contributed by atoms with van der Waals surface area (Å²) in [5, 5.41) is 0. The molecule has 0 aromatic heterocycles. The predicted molar refractivity (Wildman–Crippen MR) is 79.5 cm³/mol. The third-order valence-corrected chi connectivity index (χ3v) is 4.00. The number of hydrogen-bond donors (Lipinski definition) is 1. The molecule has 1 amide bonds. The van der Waals surface area contributed by atoms with Crippen molar-refractivity contribution in [1.29, 1.82) is 0 Å². The van der Waals surface area contributed by atoms with E-state index in [2.05, 4.69) is 0 Å². The van der Waals surface area contributed by atoms with Gasteiger partial charge in [-0.05, 0) is 44.7 Å². The van der Waals surface area contributed by atoms with Crippen molar-refractivity contribution in [3.63, 3.8) is 0 Å². The fourth-order valence-electron chi connectivity index (χ4n) is 2.66. The normalized spacial score (nSPS) is 19.4. The van der Waals surface area contributed by atoms with Crippen LogP contribution in [-0.4, -0.2) is 36.0 Å². The third kappa shape index (κ3) is 3.73. The molecular formula is C16H24N2O2. The van der Waals surface area contributed by atoms with Crippen LogP contribution in [0.1, 0.15) is 26.7 Å². The lowest BCUT2D eigenvalue weighted by Crippen LogP contribution is -2.46. The number of nitrogens with zero attached hydrogens (tertiary/aromatic N) is 1. The van der Waals surface area contributed by atoms with Gasteiger partial charge in [0.1, 0.15) is 5.75 Å². The Morgan fingerprint density at radius 3 is 2.40 bits per heavy atom. The van der Waals surface area contributed by atoms with Crippen molar-refractivity contribution in [1.82, 2.24) is 4.90 Å². The lowest BCUT2D eigenvalue weighted by molar-refractivity contribution is -0.139. The number of ether oxygens (including phenoxy) is 1. The highest BCUT2D eigenvalue weighted by Crippen LogP contribution is 2.21. The zero-order valence-electron chi connectivity index (χ0n) is 12.3. The van der Waals surface area contributed by atoms with Gasteiger partial charge in [0, 0.05) is 19.1 Å². The first-order chi connectivity index (χ1) is 9.58. The van der Waals surface area contributed by atoms with Crippen LogP contribution in [0.5, 0.6) is 5.75 Å². The molecule has 110 valence electrons. The Morgan fingerprint density at radius 2 is 1.85 bits per heavy atom. The topological polar surface area (TPSA) is 55.6 Å². The van der Waals surface area contributed by atoms with Gasteiger partial charge in [-0.25, -0.2) is 0 Å². The zero-order valence-corrected chi connectivity index (χ0v) is 12.3. The van der Waals surface area contributed by atoms with E-state index in [1.54, 1.807) is 0 Å². The highest BCUT2D eigenvalue weighted by atomic mass is 16.5. The van der Waals surface area contributed by atoms with E-state index in [0.29, 0.717) is 5.92 Å².